The summed E-state index contributed by atoms with van der Waals surface area (Å²) in [4.78, 5) is 2.41. The average Bonchev–Trinajstić information content (AvgIpc) is 3.13. The molecule has 0 unspecified atom stereocenters. The Labute approximate surface area is 121 Å². The molecule has 100 valence electrons. The van der Waals surface area contributed by atoms with E-state index in [-0.39, 0.29) is 0 Å². The van der Waals surface area contributed by atoms with Crippen LogP contribution in [0.25, 0.3) is 0 Å². The molecule has 0 spiro atoms. The second kappa shape index (κ2) is 5.43. The quantitative estimate of drug-likeness (QED) is 0.847. The molecule has 3 rings (SSSR count). The van der Waals surface area contributed by atoms with Gasteiger partial charge in [0.25, 0.3) is 0 Å². The molecule has 0 N–H and O–H groups in total. The van der Waals surface area contributed by atoms with Crippen molar-refractivity contribution in [1.29, 1.82) is 0 Å². The zero-order chi connectivity index (χ0) is 13.2. The van der Waals surface area contributed by atoms with Crippen molar-refractivity contribution in [3.63, 3.8) is 0 Å². The highest BCUT2D eigenvalue weighted by atomic mass is 79.9. The molecular weight excluding hydrogens is 306 g/mol. The van der Waals surface area contributed by atoms with Gasteiger partial charge in [-0.05, 0) is 30.5 Å². The van der Waals surface area contributed by atoms with Crippen molar-refractivity contribution in [2.45, 2.75) is 38.9 Å². The molecule has 1 aromatic carbocycles. The molecule has 0 amide bonds. The van der Waals surface area contributed by atoms with Crippen LogP contribution < -0.4 is 0 Å². The van der Waals surface area contributed by atoms with E-state index in [2.05, 4.69) is 49.2 Å². The summed E-state index contributed by atoms with van der Waals surface area (Å²) < 4.78 is 6.60. The third-order valence-corrected chi connectivity index (χ3v) is 3.74. The second-order valence-corrected chi connectivity index (χ2v) is 5.90. The molecule has 1 aliphatic carbocycles. The van der Waals surface area contributed by atoms with E-state index in [9.17, 15) is 0 Å². The number of rotatable bonds is 5. The van der Waals surface area contributed by atoms with Gasteiger partial charge in [0.15, 0.2) is 0 Å². The maximum absolute atomic E-state index is 5.48. The molecule has 1 fully saturated rings. The van der Waals surface area contributed by atoms with E-state index < -0.39 is 0 Å². The van der Waals surface area contributed by atoms with Crippen molar-refractivity contribution in [2.75, 3.05) is 0 Å². The normalized spacial score (nSPS) is 15.1. The molecule has 1 saturated carbocycles. The third-order valence-electron chi connectivity index (χ3n) is 3.24. The first-order valence-corrected chi connectivity index (χ1v) is 7.27. The second-order valence-electron chi connectivity index (χ2n) is 4.98. The van der Waals surface area contributed by atoms with E-state index >= 15 is 0 Å². The molecule has 1 aliphatic rings. The van der Waals surface area contributed by atoms with Crippen molar-refractivity contribution in [1.82, 2.24) is 15.1 Å². The number of benzene rings is 1. The standard InChI is InChI=1S/C14H16BrN3O/c1-10-16-17-14(19-10)9-18(13-5-6-13)8-11-3-2-4-12(15)7-11/h2-4,7,13H,5-6,8-9H2,1H3. The fourth-order valence-corrected chi connectivity index (χ4v) is 2.65. The van der Waals surface area contributed by atoms with E-state index in [4.69, 9.17) is 4.42 Å². The summed E-state index contributed by atoms with van der Waals surface area (Å²) in [5.41, 5.74) is 1.30. The topological polar surface area (TPSA) is 42.2 Å². The fraction of sp³-hybridized carbons (Fsp3) is 0.429. The van der Waals surface area contributed by atoms with Gasteiger partial charge in [0.1, 0.15) is 0 Å². The summed E-state index contributed by atoms with van der Waals surface area (Å²) in [7, 11) is 0. The van der Waals surface area contributed by atoms with Gasteiger partial charge in [-0.25, -0.2) is 0 Å². The summed E-state index contributed by atoms with van der Waals surface area (Å²) in [6.07, 6.45) is 2.53. The van der Waals surface area contributed by atoms with Crippen molar-refractivity contribution in [3.8, 4) is 0 Å². The van der Waals surface area contributed by atoms with Crippen LogP contribution in [0.1, 0.15) is 30.2 Å². The molecule has 0 aliphatic heterocycles. The van der Waals surface area contributed by atoms with Crippen LogP contribution in [0.15, 0.2) is 33.2 Å². The molecule has 0 radical (unpaired) electrons. The van der Waals surface area contributed by atoms with Gasteiger partial charge in [-0.15, -0.1) is 10.2 Å². The lowest BCUT2D eigenvalue weighted by Crippen LogP contribution is -2.25. The van der Waals surface area contributed by atoms with Crippen LogP contribution in [-0.2, 0) is 13.1 Å². The summed E-state index contributed by atoms with van der Waals surface area (Å²) in [6, 6.07) is 9.09. The van der Waals surface area contributed by atoms with Crippen molar-refractivity contribution in [2.24, 2.45) is 0 Å². The maximum Gasteiger partial charge on any atom is 0.230 e. The molecular formula is C14H16BrN3O. The molecule has 0 bridgehead atoms. The van der Waals surface area contributed by atoms with Crippen LogP contribution in [0.5, 0.6) is 0 Å². The number of hydrogen-bond acceptors (Lipinski definition) is 4. The predicted octanol–water partition coefficient (Wildman–Crippen LogP) is 3.31. The number of hydrogen-bond donors (Lipinski definition) is 0. The third kappa shape index (κ3) is 3.42. The Kier molecular flexibility index (Phi) is 3.66. The lowest BCUT2D eigenvalue weighted by atomic mass is 10.2. The molecule has 0 saturated heterocycles. The summed E-state index contributed by atoms with van der Waals surface area (Å²) in [5.74, 6) is 1.34. The van der Waals surface area contributed by atoms with Gasteiger partial charge in [0.2, 0.25) is 11.8 Å². The number of nitrogens with zero attached hydrogens (tertiary/aromatic N) is 3. The Morgan fingerprint density at radius 1 is 1.32 bits per heavy atom. The fourth-order valence-electron chi connectivity index (χ4n) is 2.20. The first kappa shape index (κ1) is 12.8. The van der Waals surface area contributed by atoms with E-state index in [0.717, 1.165) is 17.6 Å². The highest BCUT2D eigenvalue weighted by molar-refractivity contribution is 9.10. The van der Waals surface area contributed by atoms with E-state index in [0.29, 0.717) is 17.8 Å². The van der Waals surface area contributed by atoms with E-state index in [1.807, 2.05) is 13.0 Å². The number of aromatic nitrogens is 2. The van der Waals surface area contributed by atoms with Crippen molar-refractivity contribution < 1.29 is 4.42 Å². The Morgan fingerprint density at radius 2 is 2.16 bits per heavy atom. The Morgan fingerprint density at radius 3 is 2.79 bits per heavy atom. The monoisotopic (exact) mass is 321 g/mol. The maximum atomic E-state index is 5.48. The van der Waals surface area contributed by atoms with Gasteiger partial charge in [-0.1, -0.05) is 28.1 Å². The van der Waals surface area contributed by atoms with Crippen LogP contribution in [-0.4, -0.2) is 21.1 Å². The van der Waals surface area contributed by atoms with Gasteiger partial charge in [0, 0.05) is 24.0 Å². The molecule has 4 nitrogen and oxygen atoms in total. The summed E-state index contributed by atoms with van der Waals surface area (Å²) in [5, 5.41) is 7.98. The molecule has 1 aromatic heterocycles. The molecule has 5 heteroatoms. The first-order chi connectivity index (χ1) is 9.20. The van der Waals surface area contributed by atoms with Crippen LogP contribution in [0.2, 0.25) is 0 Å². The Bertz CT molecular complexity index is 565. The van der Waals surface area contributed by atoms with Crippen molar-refractivity contribution >= 4 is 15.9 Å². The average molecular weight is 322 g/mol. The lowest BCUT2D eigenvalue weighted by molar-refractivity contribution is 0.219. The highest BCUT2D eigenvalue weighted by Gasteiger charge is 2.30. The minimum absolute atomic E-state index is 0.633. The molecule has 1 heterocycles. The first-order valence-electron chi connectivity index (χ1n) is 6.48. The van der Waals surface area contributed by atoms with Crippen LogP contribution >= 0.6 is 15.9 Å². The van der Waals surface area contributed by atoms with Crippen molar-refractivity contribution in [3.05, 3.63) is 46.1 Å². The van der Waals surface area contributed by atoms with Crippen LogP contribution in [0.3, 0.4) is 0 Å². The molecule has 2 aromatic rings. The van der Waals surface area contributed by atoms with E-state index in [1.54, 1.807) is 0 Å². The predicted molar refractivity (Wildman–Crippen MR) is 75.4 cm³/mol. The lowest BCUT2D eigenvalue weighted by Gasteiger charge is -2.20. The zero-order valence-electron chi connectivity index (χ0n) is 10.8. The van der Waals surface area contributed by atoms with Gasteiger partial charge in [-0.3, -0.25) is 4.90 Å². The zero-order valence-corrected chi connectivity index (χ0v) is 12.4. The van der Waals surface area contributed by atoms with Crippen LogP contribution in [0, 0.1) is 6.92 Å². The number of aryl methyl sites for hydroxylation is 1. The summed E-state index contributed by atoms with van der Waals surface area (Å²) >= 11 is 3.52. The minimum Gasteiger partial charge on any atom is -0.424 e. The van der Waals surface area contributed by atoms with Gasteiger partial charge in [0.05, 0.1) is 6.54 Å². The smallest absolute Gasteiger partial charge is 0.230 e. The van der Waals surface area contributed by atoms with Gasteiger partial charge < -0.3 is 4.42 Å². The highest BCUT2D eigenvalue weighted by Crippen LogP contribution is 2.30. The molecule has 0 atom stereocenters. The van der Waals surface area contributed by atoms with Gasteiger partial charge in [-0.2, -0.15) is 0 Å². The Balaban J connectivity index is 1.71. The summed E-state index contributed by atoms with van der Waals surface area (Å²) in [6.45, 7) is 3.48. The van der Waals surface area contributed by atoms with Gasteiger partial charge >= 0.3 is 0 Å². The minimum atomic E-state index is 0.633. The Hall–Kier alpha value is -1.20. The van der Waals surface area contributed by atoms with Crippen LogP contribution in [0.4, 0.5) is 0 Å². The van der Waals surface area contributed by atoms with E-state index in [1.165, 1.54) is 18.4 Å². The molecule has 19 heavy (non-hydrogen) atoms. The largest absolute Gasteiger partial charge is 0.424 e. The SMILES string of the molecule is Cc1nnc(CN(Cc2cccc(Br)c2)C2CC2)o1. The number of halogens is 1.